The van der Waals surface area contributed by atoms with E-state index in [4.69, 9.17) is 4.74 Å². The molecule has 9 heteroatoms. The Kier molecular flexibility index (Phi) is 6.76. The number of hydrogen-bond acceptors (Lipinski definition) is 5. The predicted octanol–water partition coefficient (Wildman–Crippen LogP) is 2.41. The second kappa shape index (κ2) is 9.70. The summed E-state index contributed by atoms with van der Waals surface area (Å²) in [6, 6.07) is 13.3. The van der Waals surface area contributed by atoms with Crippen molar-refractivity contribution in [2.45, 2.75) is 30.6 Å². The van der Waals surface area contributed by atoms with Gasteiger partial charge in [-0.1, -0.05) is 0 Å². The summed E-state index contributed by atoms with van der Waals surface area (Å²) in [5, 5.41) is 2.79. The summed E-state index contributed by atoms with van der Waals surface area (Å²) in [7, 11) is -3.44. The molecule has 2 amide bonds. The van der Waals surface area contributed by atoms with Crippen molar-refractivity contribution in [1.82, 2.24) is 9.62 Å². The van der Waals surface area contributed by atoms with Crippen molar-refractivity contribution in [3.63, 3.8) is 0 Å². The molecule has 2 heterocycles. The number of carbonyl (C=O) groups excluding carboxylic acids is 2. The molecule has 0 saturated carbocycles. The number of carbonyl (C=O) groups is 2. The third-order valence-electron chi connectivity index (χ3n) is 5.70. The SMILES string of the molecule is O=C(NCCOc1ccc(S(=O)(=O)N2CCCC2)cc1)c1ccc(N2CCCC2=O)cc1. The quantitative estimate of drug-likeness (QED) is 0.614. The number of nitrogens with one attached hydrogen (secondary N) is 1. The van der Waals surface area contributed by atoms with Crippen LogP contribution in [0, 0.1) is 0 Å². The van der Waals surface area contributed by atoms with Crippen molar-refractivity contribution < 1.29 is 22.7 Å². The number of hydrogen-bond donors (Lipinski definition) is 1. The molecule has 2 saturated heterocycles. The number of rotatable bonds is 8. The van der Waals surface area contributed by atoms with Crippen LogP contribution in [-0.4, -0.2) is 57.3 Å². The molecule has 0 aliphatic carbocycles. The fourth-order valence-corrected chi connectivity index (χ4v) is 5.45. The summed E-state index contributed by atoms with van der Waals surface area (Å²) in [6.45, 7) is 2.41. The van der Waals surface area contributed by atoms with Gasteiger partial charge < -0.3 is 15.0 Å². The summed E-state index contributed by atoms with van der Waals surface area (Å²) in [5.41, 5.74) is 1.32. The van der Waals surface area contributed by atoms with Gasteiger partial charge in [0, 0.05) is 37.3 Å². The molecule has 0 unspecified atom stereocenters. The second-order valence-electron chi connectivity index (χ2n) is 7.88. The van der Waals surface area contributed by atoms with E-state index < -0.39 is 10.0 Å². The minimum Gasteiger partial charge on any atom is -0.492 e. The third-order valence-corrected chi connectivity index (χ3v) is 7.61. The smallest absolute Gasteiger partial charge is 0.251 e. The predicted molar refractivity (Wildman–Crippen MR) is 120 cm³/mol. The first-order valence-electron chi connectivity index (χ1n) is 10.9. The summed E-state index contributed by atoms with van der Waals surface area (Å²) in [6.07, 6.45) is 3.22. The van der Waals surface area contributed by atoms with Crippen molar-refractivity contribution in [3.8, 4) is 5.75 Å². The molecule has 32 heavy (non-hydrogen) atoms. The van der Waals surface area contributed by atoms with Gasteiger partial charge in [-0.2, -0.15) is 4.31 Å². The van der Waals surface area contributed by atoms with Gasteiger partial charge in [-0.05, 0) is 67.8 Å². The first kappa shape index (κ1) is 22.3. The minimum atomic E-state index is -3.44. The molecule has 0 radical (unpaired) electrons. The molecule has 2 aliphatic rings. The van der Waals surface area contributed by atoms with E-state index in [1.165, 1.54) is 4.31 Å². The fraction of sp³-hybridized carbons (Fsp3) is 0.391. The maximum absolute atomic E-state index is 12.5. The number of anilines is 1. The van der Waals surface area contributed by atoms with E-state index >= 15 is 0 Å². The molecule has 2 fully saturated rings. The molecule has 0 aromatic heterocycles. The van der Waals surface area contributed by atoms with Gasteiger partial charge in [-0.3, -0.25) is 9.59 Å². The molecule has 0 spiro atoms. The zero-order chi connectivity index (χ0) is 22.6. The van der Waals surface area contributed by atoms with Crippen molar-refractivity contribution >= 4 is 27.5 Å². The van der Waals surface area contributed by atoms with Crippen LogP contribution in [0.4, 0.5) is 5.69 Å². The average molecular weight is 458 g/mol. The maximum Gasteiger partial charge on any atom is 0.251 e. The molecule has 2 aromatic carbocycles. The van der Waals surface area contributed by atoms with E-state index in [-0.39, 0.29) is 23.3 Å². The highest BCUT2D eigenvalue weighted by Crippen LogP contribution is 2.23. The summed E-state index contributed by atoms with van der Waals surface area (Å²) >= 11 is 0. The highest BCUT2D eigenvalue weighted by Gasteiger charge is 2.27. The van der Waals surface area contributed by atoms with Crippen LogP contribution in [0.1, 0.15) is 36.0 Å². The molecule has 0 atom stereocenters. The first-order valence-corrected chi connectivity index (χ1v) is 12.3. The van der Waals surface area contributed by atoms with Gasteiger partial charge in [0.15, 0.2) is 0 Å². The van der Waals surface area contributed by atoms with Crippen molar-refractivity contribution in [2.75, 3.05) is 37.7 Å². The van der Waals surface area contributed by atoms with E-state index in [0.29, 0.717) is 43.9 Å². The van der Waals surface area contributed by atoms with Crippen LogP contribution in [0.5, 0.6) is 5.75 Å². The molecule has 8 nitrogen and oxygen atoms in total. The van der Waals surface area contributed by atoms with Crippen LogP contribution in [0.3, 0.4) is 0 Å². The molecule has 2 aliphatic heterocycles. The Morgan fingerprint density at radius 1 is 0.938 bits per heavy atom. The van der Waals surface area contributed by atoms with Crippen LogP contribution in [0.25, 0.3) is 0 Å². The molecule has 170 valence electrons. The molecule has 1 N–H and O–H groups in total. The Balaban J connectivity index is 1.23. The Labute approximate surface area is 188 Å². The minimum absolute atomic E-state index is 0.112. The highest BCUT2D eigenvalue weighted by atomic mass is 32.2. The van der Waals surface area contributed by atoms with Crippen LogP contribution >= 0.6 is 0 Å². The van der Waals surface area contributed by atoms with Crippen LogP contribution < -0.4 is 15.0 Å². The Morgan fingerprint density at radius 3 is 2.25 bits per heavy atom. The van der Waals surface area contributed by atoms with Crippen molar-refractivity contribution in [2.24, 2.45) is 0 Å². The van der Waals surface area contributed by atoms with Gasteiger partial charge in [0.1, 0.15) is 12.4 Å². The standard InChI is InChI=1S/C23H27N3O5S/c27-22-4-3-16-26(22)19-7-5-18(6-8-19)23(28)24-13-17-31-20-9-11-21(12-10-20)32(29,30)25-14-1-2-15-25/h5-12H,1-4,13-17H2,(H,24,28). The van der Waals surface area contributed by atoms with Gasteiger partial charge in [-0.25, -0.2) is 8.42 Å². The number of ether oxygens (including phenoxy) is 1. The maximum atomic E-state index is 12.5. The molecular formula is C23H27N3O5S. The Hall–Kier alpha value is -2.91. The Morgan fingerprint density at radius 2 is 1.62 bits per heavy atom. The largest absolute Gasteiger partial charge is 0.492 e. The van der Waals surface area contributed by atoms with Crippen LogP contribution in [0.15, 0.2) is 53.4 Å². The van der Waals surface area contributed by atoms with Gasteiger partial charge >= 0.3 is 0 Å². The van der Waals surface area contributed by atoms with E-state index in [1.807, 2.05) is 0 Å². The number of nitrogens with zero attached hydrogens (tertiary/aromatic N) is 2. The summed E-state index contributed by atoms with van der Waals surface area (Å²) in [5.74, 6) is 0.431. The first-order chi connectivity index (χ1) is 15.4. The number of sulfonamides is 1. The van der Waals surface area contributed by atoms with E-state index in [1.54, 1.807) is 53.4 Å². The normalized spacial score (nSPS) is 17.0. The van der Waals surface area contributed by atoms with E-state index in [9.17, 15) is 18.0 Å². The lowest BCUT2D eigenvalue weighted by Crippen LogP contribution is -2.28. The van der Waals surface area contributed by atoms with Gasteiger partial charge in [0.2, 0.25) is 15.9 Å². The lowest BCUT2D eigenvalue weighted by atomic mass is 10.2. The lowest BCUT2D eigenvalue weighted by molar-refractivity contribution is -0.117. The zero-order valence-electron chi connectivity index (χ0n) is 17.8. The van der Waals surface area contributed by atoms with E-state index in [2.05, 4.69) is 5.32 Å². The van der Waals surface area contributed by atoms with Crippen molar-refractivity contribution in [3.05, 3.63) is 54.1 Å². The monoisotopic (exact) mass is 457 g/mol. The highest BCUT2D eigenvalue weighted by molar-refractivity contribution is 7.89. The van der Waals surface area contributed by atoms with Gasteiger partial charge in [0.05, 0.1) is 11.4 Å². The molecule has 2 aromatic rings. The lowest BCUT2D eigenvalue weighted by Gasteiger charge is -2.16. The molecule has 4 rings (SSSR count). The second-order valence-corrected chi connectivity index (χ2v) is 9.82. The molecule has 0 bridgehead atoms. The zero-order valence-corrected chi connectivity index (χ0v) is 18.6. The summed E-state index contributed by atoms with van der Waals surface area (Å²) in [4.78, 5) is 26.1. The number of benzene rings is 2. The Bertz CT molecular complexity index is 1060. The van der Waals surface area contributed by atoms with Gasteiger partial charge in [-0.15, -0.1) is 0 Å². The van der Waals surface area contributed by atoms with E-state index in [0.717, 1.165) is 24.9 Å². The average Bonchev–Trinajstić information content (AvgIpc) is 3.49. The van der Waals surface area contributed by atoms with Crippen LogP contribution in [-0.2, 0) is 14.8 Å². The summed E-state index contributed by atoms with van der Waals surface area (Å²) < 4.78 is 32.2. The third kappa shape index (κ3) is 4.94. The topological polar surface area (TPSA) is 96.0 Å². The van der Waals surface area contributed by atoms with Gasteiger partial charge in [0.25, 0.3) is 5.91 Å². The molecular weight excluding hydrogens is 430 g/mol. The number of amides is 2. The fourth-order valence-electron chi connectivity index (χ4n) is 3.93. The van der Waals surface area contributed by atoms with Crippen molar-refractivity contribution in [1.29, 1.82) is 0 Å². The van der Waals surface area contributed by atoms with Crippen LogP contribution in [0.2, 0.25) is 0 Å².